The van der Waals surface area contributed by atoms with Gasteiger partial charge in [0.1, 0.15) is 5.78 Å². The maximum atomic E-state index is 11.1. The van der Waals surface area contributed by atoms with E-state index in [1.165, 1.54) is 11.1 Å². The molecular formula is C11H13NO. The maximum Gasteiger partial charge on any atom is 0.133 e. The van der Waals surface area contributed by atoms with Crippen LogP contribution in [0.2, 0.25) is 0 Å². The van der Waals surface area contributed by atoms with Crippen molar-refractivity contribution in [1.82, 2.24) is 4.98 Å². The number of carbonyl (C=O) groups excluding carboxylic acids is 1. The van der Waals surface area contributed by atoms with Crippen LogP contribution in [0.3, 0.4) is 0 Å². The molecule has 0 saturated heterocycles. The van der Waals surface area contributed by atoms with Crippen molar-refractivity contribution in [3.8, 4) is 0 Å². The molecule has 1 aliphatic carbocycles. The average molecular weight is 175 g/mol. The molecular weight excluding hydrogens is 162 g/mol. The first-order valence-electron chi connectivity index (χ1n) is 4.69. The molecule has 1 aliphatic rings. The van der Waals surface area contributed by atoms with Crippen LogP contribution in [-0.2, 0) is 4.79 Å². The standard InChI is InChI=1S/C11H13NO/c1-8-4-5-12-7-11(8)9-2-3-10(13)6-9/h4-5,7,9H,2-3,6H2,1H3. The van der Waals surface area contributed by atoms with Gasteiger partial charge in [-0.3, -0.25) is 9.78 Å². The van der Waals surface area contributed by atoms with Crippen molar-refractivity contribution in [2.24, 2.45) is 0 Å². The van der Waals surface area contributed by atoms with E-state index in [1.54, 1.807) is 6.20 Å². The van der Waals surface area contributed by atoms with Crippen LogP contribution in [0, 0.1) is 6.92 Å². The second-order valence-electron chi connectivity index (χ2n) is 3.71. The van der Waals surface area contributed by atoms with E-state index in [-0.39, 0.29) is 0 Å². The smallest absolute Gasteiger partial charge is 0.133 e. The predicted octanol–water partition coefficient (Wildman–Crippen LogP) is 2.23. The molecule has 1 saturated carbocycles. The minimum absolute atomic E-state index is 0.397. The fourth-order valence-electron chi connectivity index (χ4n) is 1.98. The van der Waals surface area contributed by atoms with Crippen molar-refractivity contribution in [2.45, 2.75) is 32.1 Å². The number of aromatic nitrogens is 1. The number of Topliss-reactive ketones (excluding diaryl/α,β-unsaturated/α-hetero) is 1. The zero-order valence-corrected chi connectivity index (χ0v) is 7.79. The van der Waals surface area contributed by atoms with E-state index < -0.39 is 0 Å². The number of nitrogens with zero attached hydrogens (tertiary/aromatic N) is 1. The molecule has 1 heterocycles. The molecule has 0 aromatic carbocycles. The highest BCUT2D eigenvalue weighted by molar-refractivity contribution is 5.81. The van der Waals surface area contributed by atoms with Gasteiger partial charge < -0.3 is 0 Å². The van der Waals surface area contributed by atoms with Gasteiger partial charge in [-0.2, -0.15) is 0 Å². The lowest BCUT2D eigenvalue weighted by Crippen LogP contribution is -1.97. The van der Waals surface area contributed by atoms with Gasteiger partial charge in [0.05, 0.1) is 0 Å². The molecule has 2 rings (SSSR count). The summed E-state index contributed by atoms with van der Waals surface area (Å²) >= 11 is 0. The van der Waals surface area contributed by atoms with Crippen LogP contribution in [0.1, 0.15) is 36.3 Å². The molecule has 0 bridgehead atoms. The third kappa shape index (κ3) is 1.62. The highest BCUT2D eigenvalue weighted by Gasteiger charge is 2.24. The van der Waals surface area contributed by atoms with Crippen molar-refractivity contribution in [1.29, 1.82) is 0 Å². The second-order valence-corrected chi connectivity index (χ2v) is 3.71. The molecule has 0 spiro atoms. The zero-order chi connectivity index (χ0) is 9.26. The van der Waals surface area contributed by atoms with Gasteiger partial charge in [0, 0.05) is 25.2 Å². The first kappa shape index (κ1) is 8.42. The second kappa shape index (κ2) is 3.29. The van der Waals surface area contributed by atoms with E-state index in [1.807, 2.05) is 12.3 Å². The Bertz CT molecular complexity index is 333. The number of rotatable bonds is 1. The van der Waals surface area contributed by atoms with Gasteiger partial charge >= 0.3 is 0 Å². The van der Waals surface area contributed by atoms with Gasteiger partial charge in [-0.15, -0.1) is 0 Å². The molecule has 1 aromatic rings. The van der Waals surface area contributed by atoms with E-state index >= 15 is 0 Å². The quantitative estimate of drug-likeness (QED) is 0.655. The van der Waals surface area contributed by atoms with Crippen molar-refractivity contribution in [3.05, 3.63) is 29.6 Å². The normalized spacial score (nSPS) is 22.2. The third-order valence-electron chi connectivity index (χ3n) is 2.77. The summed E-state index contributed by atoms with van der Waals surface area (Å²) in [6.07, 6.45) is 6.17. The van der Waals surface area contributed by atoms with Gasteiger partial charge in [0.2, 0.25) is 0 Å². The molecule has 1 atom stereocenters. The Morgan fingerprint density at radius 1 is 1.54 bits per heavy atom. The van der Waals surface area contributed by atoms with Crippen LogP contribution in [0.15, 0.2) is 18.5 Å². The van der Waals surface area contributed by atoms with Gasteiger partial charge in [0.15, 0.2) is 0 Å². The molecule has 0 aliphatic heterocycles. The number of pyridine rings is 1. The third-order valence-corrected chi connectivity index (χ3v) is 2.77. The summed E-state index contributed by atoms with van der Waals surface area (Å²) in [6, 6.07) is 2.01. The molecule has 13 heavy (non-hydrogen) atoms. The van der Waals surface area contributed by atoms with Crippen molar-refractivity contribution >= 4 is 5.78 Å². The largest absolute Gasteiger partial charge is 0.300 e. The fraction of sp³-hybridized carbons (Fsp3) is 0.455. The molecule has 1 aromatic heterocycles. The van der Waals surface area contributed by atoms with E-state index in [0.29, 0.717) is 18.1 Å². The molecule has 0 radical (unpaired) electrons. The molecule has 1 unspecified atom stereocenters. The summed E-state index contributed by atoms with van der Waals surface area (Å²) in [4.78, 5) is 15.2. The zero-order valence-electron chi connectivity index (χ0n) is 7.79. The van der Waals surface area contributed by atoms with Crippen molar-refractivity contribution in [2.75, 3.05) is 0 Å². The minimum atomic E-state index is 0.397. The summed E-state index contributed by atoms with van der Waals surface area (Å²) in [5, 5.41) is 0. The lowest BCUT2D eigenvalue weighted by molar-refractivity contribution is -0.117. The van der Waals surface area contributed by atoms with Crippen LogP contribution < -0.4 is 0 Å². The van der Waals surface area contributed by atoms with Crippen LogP contribution >= 0.6 is 0 Å². The molecule has 0 N–H and O–H groups in total. The lowest BCUT2D eigenvalue weighted by atomic mass is 9.96. The average Bonchev–Trinajstić information content (AvgIpc) is 2.53. The summed E-state index contributed by atoms with van der Waals surface area (Å²) in [5.74, 6) is 0.828. The first-order chi connectivity index (χ1) is 6.27. The predicted molar refractivity (Wildman–Crippen MR) is 50.6 cm³/mol. The number of ketones is 1. The van der Waals surface area contributed by atoms with E-state index in [9.17, 15) is 4.79 Å². The van der Waals surface area contributed by atoms with Gasteiger partial charge in [0.25, 0.3) is 0 Å². The summed E-state index contributed by atoms with van der Waals surface area (Å²) in [7, 11) is 0. The lowest BCUT2D eigenvalue weighted by Gasteiger charge is -2.10. The van der Waals surface area contributed by atoms with Crippen molar-refractivity contribution < 1.29 is 4.79 Å². The van der Waals surface area contributed by atoms with E-state index in [0.717, 1.165) is 12.8 Å². The Morgan fingerprint density at radius 2 is 2.38 bits per heavy atom. The highest BCUT2D eigenvalue weighted by Crippen LogP contribution is 2.32. The van der Waals surface area contributed by atoms with Crippen LogP contribution in [0.4, 0.5) is 0 Å². The minimum Gasteiger partial charge on any atom is -0.300 e. The molecule has 2 heteroatoms. The van der Waals surface area contributed by atoms with Gasteiger partial charge in [-0.05, 0) is 36.5 Å². The van der Waals surface area contributed by atoms with E-state index in [2.05, 4.69) is 11.9 Å². The molecule has 68 valence electrons. The number of carbonyl (C=O) groups is 1. The molecule has 2 nitrogen and oxygen atoms in total. The SMILES string of the molecule is Cc1ccncc1C1CCC(=O)C1. The maximum absolute atomic E-state index is 11.1. The summed E-state index contributed by atoms with van der Waals surface area (Å²) in [6.45, 7) is 2.08. The Balaban J connectivity index is 2.26. The monoisotopic (exact) mass is 175 g/mol. The van der Waals surface area contributed by atoms with Gasteiger partial charge in [-0.25, -0.2) is 0 Å². The molecule has 1 fully saturated rings. The Kier molecular flexibility index (Phi) is 2.13. The van der Waals surface area contributed by atoms with Crippen LogP contribution in [0.5, 0.6) is 0 Å². The Morgan fingerprint density at radius 3 is 3.00 bits per heavy atom. The highest BCUT2D eigenvalue weighted by atomic mass is 16.1. The topological polar surface area (TPSA) is 30.0 Å². The number of hydrogen-bond donors (Lipinski definition) is 0. The van der Waals surface area contributed by atoms with Gasteiger partial charge in [-0.1, -0.05) is 0 Å². The number of hydrogen-bond acceptors (Lipinski definition) is 2. The fourth-order valence-corrected chi connectivity index (χ4v) is 1.98. The number of aryl methyl sites for hydroxylation is 1. The van der Waals surface area contributed by atoms with Crippen LogP contribution in [-0.4, -0.2) is 10.8 Å². The van der Waals surface area contributed by atoms with Crippen molar-refractivity contribution in [3.63, 3.8) is 0 Å². The Hall–Kier alpha value is -1.18. The first-order valence-corrected chi connectivity index (χ1v) is 4.69. The Labute approximate surface area is 78.0 Å². The molecule has 0 amide bonds. The van der Waals surface area contributed by atoms with E-state index in [4.69, 9.17) is 0 Å². The summed E-state index contributed by atoms with van der Waals surface area (Å²) < 4.78 is 0. The van der Waals surface area contributed by atoms with Crippen LogP contribution in [0.25, 0.3) is 0 Å². The summed E-state index contributed by atoms with van der Waals surface area (Å²) in [5.41, 5.74) is 2.52.